The van der Waals surface area contributed by atoms with E-state index >= 15 is 0 Å². The minimum absolute atomic E-state index is 0.0179. The van der Waals surface area contributed by atoms with E-state index in [4.69, 9.17) is 14.2 Å². The fraction of sp³-hybridized carbons (Fsp3) is 0.556. The summed E-state index contributed by atoms with van der Waals surface area (Å²) in [4.78, 5) is 25.5. The number of anilines is 1. The lowest BCUT2D eigenvalue weighted by atomic mass is 10.1. The highest BCUT2D eigenvalue weighted by Crippen LogP contribution is 2.33. The van der Waals surface area contributed by atoms with Crippen molar-refractivity contribution in [3.05, 3.63) is 23.8 Å². The van der Waals surface area contributed by atoms with Crippen LogP contribution in [0.2, 0.25) is 0 Å². The van der Waals surface area contributed by atoms with Crippen LogP contribution in [0.1, 0.15) is 38.1 Å². The molecule has 0 saturated carbocycles. The number of rotatable bonds is 3. The van der Waals surface area contributed by atoms with E-state index in [0.29, 0.717) is 17.0 Å². The van der Waals surface area contributed by atoms with Gasteiger partial charge in [0.25, 0.3) is 0 Å². The third-order valence-electron chi connectivity index (χ3n) is 3.73. The van der Waals surface area contributed by atoms with Crippen molar-refractivity contribution in [1.82, 2.24) is 5.32 Å². The highest BCUT2D eigenvalue weighted by molar-refractivity contribution is 5.91. The number of likely N-dealkylation sites (N-methyl/N-ethyl adjacent to an activating group) is 1. The predicted molar refractivity (Wildman–Crippen MR) is 95.5 cm³/mol. The Kier molecular flexibility index (Phi) is 5.97. The number of aliphatic hydroxyl groups excluding tert-OH is 1. The average molecular weight is 366 g/mol. The number of esters is 1. The Morgan fingerprint density at radius 2 is 2.08 bits per heavy atom. The highest BCUT2D eigenvalue weighted by Gasteiger charge is 2.32. The first kappa shape index (κ1) is 19.8. The van der Waals surface area contributed by atoms with E-state index < -0.39 is 29.9 Å². The highest BCUT2D eigenvalue weighted by atomic mass is 16.6. The molecule has 0 aliphatic carbocycles. The van der Waals surface area contributed by atoms with Gasteiger partial charge >= 0.3 is 12.1 Å². The zero-order valence-electron chi connectivity index (χ0n) is 15.7. The Hall–Kier alpha value is -2.48. The maximum Gasteiger partial charge on any atom is 0.408 e. The fourth-order valence-electron chi connectivity index (χ4n) is 2.52. The van der Waals surface area contributed by atoms with Crippen LogP contribution in [0.3, 0.4) is 0 Å². The van der Waals surface area contributed by atoms with E-state index in [2.05, 4.69) is 5.32 Å². The molecule has 144 valence electrons. The van der Waals surface area contributed by atoms with Gasteiger partial charge in [0.15, 0.2) is 6.23 Å². The van der Waals surface area contributed by atoms with Gasteiger partial charge in [-0.05, 0) is 45.9 Å². The SMILES string of the molecule is CCOC(=O)c1ccc2c(c1)OC[C@H](NC(=O)OC(C)(C)C)C(O)N2C. The predicted octanol–water partition coefficient (Wildman–Crippen LogP) is 1.90. The second-order valence-corrected chi connectivity index (χ2v) is 6.99. The van der Waals surface area contributed by atoms with Gasteiger partial charge in [0.2, 0.25) is 0 Å². The quantitative estimate of drug-likeness (QED) is 0.789. The molecule has 1 heterocycles. The largest absolute Gasteiger partial charge is 0.489 e. The minimum atomic E-state index is -1.03. The van der Waals surface area contributed by atoms with Crippen molar-refractivity contribution in [2.75, 3.05) is 25.2 Å². The maximum absolute atomic E-state index is 12.0. The second-order valence-electron chi connectivity index (χ2n) is 6.99. The van der Waals surface area contributed by atoms with Gasteiger partial charge in [-0.3, -0.25) is 0 Å². The summed E-state index contributed by atoms with van der Waals surface area (Å²) in [6, 6.07) is 4.12. The molecule has 1 unspecified atom stereocenters. The van der Waals surface area contributed by atoms with Crippen LogP contribution in [0.5, 0.6) is 5.75 Å². The Labute approximate surface area is 153 Å². The number of carbonyl (C=O) groups excluding carboxylic acids is 2. The maximum atomic E-state index is 12.0. The lowest BCUT2D eigenvalue weighted by Gasteiger charge is -2.30. The van der Waals surface area contributed by atoms with Crippen molar-refractivity contribution in [2.24, 2.45) is 0 Å². The molecule has 2 N–H and O–H groups in total. The molecule has 8 heteroatoms. The van der Waals surface area contributed by atoms with E-state index in [-0.39, 0.29) is 13.2 Å². The topological polar surface area (TPSA) is 97.3 Å². The van der Waals surface area contributed by atoms with E-state index in [1.54, 1.807) is 57.8 Å². The molecule has 0 aromatic heterocycles. The van der Waals surface area contributed by atoms with Gasteiger partial charge in [0.1, 0.15) is 24.0 Å². The molecular weight excluding hydrogens is 340 g/mol. The van der Waals surface area contributed by atoms with E-state index in [1.807, 2.05) is 0 Å². The minimum Gasteiger partial charge on any atom is -0.489 e. The zero-order chi connectivity index (χ0) is 19.5. The molecule has 0 bridgehead atoms. The van der Waals surface area contributed by atoms with Gasteiger partial charge in [0, 0.05) is 7.05 Å². The van der Waals surface area contributed by atoms with Gasteiger partial charge in [-0.15, -0.1) is 0 Å². The molecule has 1 aliphatic heterocycles. The Morgan fingerprint density at radius 1 is 1.38 bits per heavy atom. The molecule has 0 fully saturated rings. The van der Waals surface area contributed by atoms with Crippen LogP contribution in [0.4, 0.5) is 10.5 Å². The molecule has 0 spiro atoms. The Bertz CT molecular complexity index is 670. The number of hydrogen-bond acceptors (Lipinski definition) is 7. The Morgan fingerprint density at radius 3 is 2.69 bits per heavy atom. The average Bonchev–Trinajstić information content (AvgIpc) is 2.65. The van der Waals surface area contributed by atoms with Gasteiger partial charge in [0.05, 0.1) is 17.9 Å². The van der Waals surface area contributed by atoms with Gasteiger partial charge in [-0.2, -0.15) is 0 Å². The number of alkyl carbamates (subject to hydrolysis) is 1. The molecule has 0 saturated heterocycles. The summed E-state index contributed by atoms with van der Waals surface area (Å²) in [5.41, 5.74) is 0.301. The molecule has 26 heavy (non-hydrogen) atoms. The molecular formula is C18H26N2O6. The molecule has 0 radical (unpaired) electrons. The van der Waals surface area contributed by atoms with Crippen LogP contribution in [-0.4, -0.2) is 55.3 Å². The van der Waals surface area contributed by atoms with Gasteiger partial charge < -0.3 is 29.5 Å². The standard InChI is InChI=1S/C18H26N2O6/c1-6-24-16(22)11-7-8-13-14(9-11)25-10-12(15(21)20(13)5)19-17(23)26-18(2,3)4/h7-9,12,15,21H,6,10H2,1-5H3,(H,19,23)/t12-,15?/m0/s1. The normalized spacial score (nSPS) is 19.7. The van der Waals surface area contributed by atoms with Crippen molar-refractivity contribution in [2.45, 2.75) is 45.6 Å². The summed E-state index contributed by atoms with van der Waals surface area (Å²) < 4.78 is 15.9. The molecule has 2 rings (SSSR count). The van der Waals surface area contributed by atoms with Crippen molar-refractivity contribution in [1.29, 1.82) is 0 Å². The lowest BCUT2D eigenvalue weighted by Crippen LogP contribution is -2.53. The molecule has 1 aliphatic rings. The number of aliphatic hydroxyl groups is 1. The van der Waals surface area contributed by atoms with Crippen LogP contribution in [-0.2, 0) is 9.47 Å². The number of carbonyl (C=O) groups is 2. The first-order chi connectivity index (χ1) is 12.1. The zero-order valence-corrected chi connectivity index (χ0v) is 15.7. The van der Waals surface area contributed by atoms with Crippen molar-refractivity contribution in [3.8, 4) is 5.75 Å². The monoisotopic (exact) mass is 366 g/mol. The van der Waals surface area contributed by atoms with E-state index in [0.717, 1.165) is 0 Å². The van der Waals surface area contributed by atoms with Crippen LogP contribution >= 0.6 is 0 Å². The summed E-state index contributed by atoms with van der Waals surface area (Å²) in [7, 11) is 1.67. The molecule has 1 amide bonds. The van der Waals surface area contributed by atoms with Gasteiger partial charge in [-0.25, -0.2) is 9.59 Å². The van der Waals surface area contributed by atoms with Gasteiger partial charge in [-0.1, -0.05) is 0 Å². The lowest BCUT2D eigenvalue weighted by molar-refractivity contribution is 0.0386. The van der Waals surface area contributed by atoms with Crippen molar-refractivity contribution >= 4 is 17.7 Å². The van der Waals surface area contributed by atoms with Crippen molar-refractivity contribution < 1.29 is 28.9 Å². The summed E-state index contributed by atoms with van der Waals surface area (Å²) in [5.74, 6) is -0.0274. The fourth-order valence-corrected chi connectivity index (χ4v) is 2.52. The molecule has 2 atom stereocenters. The first-order valence-electron chi connectivity index (χ1n) is 8.46. The number of amides is 1. The number of fused-ring (bicyclic) bond motifs is 1. The molecule has 8 nitrogen and oxygen atoms in total. The first-order valence-corrected chi connectivity index (χ1v) is 8.46. The van der Waals surface area contributed by atoms with Crippen LogP contribution in [0.25, 0.3) is 0 Å². The van der Waals surface area contributed by atoms with E-state index in [9.17, 15) is 14.7 Å². The van der Waals surface area contributed by atoms with Crippen LogP contribution in [0, 0.1) is 0 Å². The number of benzene rings is 1. The third-order valence-corrected chi connectivity index (χ3v) is 3.73. The number of nitrogens with zero attached hydrogens (tertiary/aromatic N) is 1. The smallest absolute Gasteiger partial charge is 0.408 e. The summed E-state index contributed by atoms with van der Waals surface area (Å²) >= 11 is 0. The summed E-state index contributed by atoms with van der Waals surface area (Å²) in [6.45, 7) is 7.29. The van der Waals surface area contributed by atoms with Crippen LogP contribution in [0.15, 0.2) is 18.2 Å². The van der Waals surface area contributed by atoms with E-state index in [1.165, 1.54) is 0 Å². The van der Waals surface area contributed by atoms with Crippen LogP contribution < -0.4 is 15.0 Å². The number of ether oxygens (including phenoxy) is 3. The number of nitrogens with one attached hydrogen (secondary N) is 1. The Balaban J connectivity index is 2.17. The molecule has 1 aromatic carbocycles. The summed E-state index contributed by atoms with van der Waals surface area (Å²) in [5, 5.41) is 13.2. The molecule has 1 aromatic rings. The van der Waals surface area contributed by atoms with Crippen molar-refractivity contribution in [3.63, 3.8) is 0 Å². The summed E-state index contributed by atoms with van der Waals surface area (Å²) in [6.07, 6.45) is -1.67. The second kappa shape index (κ2) is 7.82. The third kappa shape index (κ3) is 4.78. The number of hydrogen-bond donors (Lipinski definition) is 2.